The summed E-state index contributed by atoms with van der Waals surface area (Å²) < 4.78 is 32.1. The largest absolute Gasteiger partial charge is 0.495 e. The molecule has 0 unspecified atom stereocenters. The molecule has 1 saturated carbocycles. The molecule has 2 N–H and O–H groups in total. The Bertz CT molecular complexity index is 432. The van der Waals surface area contributed by atoms with Gasteiger partial charge in [-0.1, -0.05) is 11.6 Å². The highest BCUT2D eigenvalue weighted by atomic mass is 35.5. The van der Waals surface area contributed by atoms with Crippen molar-refractivity contribution in [3.8, 4) is 5.75 Å². The molecule has 0 spiro atoms. The smallest absolute Gasteiger partial charge is 0.151 e. The average molecular weight is 248 g/mol. The van der Waals surface area contributed by atoms with E-state index in [-0.39, 0.29) is 22.8 Å². The fraction of sp³-hybridized carbons (Fsp3) is 0.455. The number of halogens is 3. The maximum atomic E-state index is 13.8. The number of nitrogens with two attached hydrogens (primary N) is 1. The van der Waals surface area contributed by atoms with E-state index >= 15 is 0 Å². The minimum absolute atomic E-state index is 0.00212. The first-order chi connectivity index (χ1) is 7.47. The highest BCUT2D eigenvalue weighted by molar-refractivity contribution is 6.32. The number of methoxy groups -OCH3 is 1. The summed E-state index contributed by atoms with van der Waals surface area (Å²) in [5, 5.41) is -0.192. The first-order valence-electron chi connectivity index (χ1n) is 4.96. The summed E-state index contributed by atoms with van der Waals surface area (Å²) in [7, 11) is 1.31. The Morgan fingerprint density at radius 2 is 2.12 bits per heavy atom. The van der Waals surface area contributed by atoms with Gasteiger partial charge in [-0.25, -0.2) is 8.78 Å². The molecule has 0 aromatic heterocycles. The Labute approximate surface area is 97.3 Å². The maximum Gasteiger partial charge on any atom is 0.151 e. The van der Waals surface area contributed by atoms with E-state index in [1.165, 1.54) is 7.11 Å². The molecule has 2 rings (SSSR count). The van der Waals surface area contributed by atoms with Crippen molar-refractivity contribution in [1.29, 1.82) is 0 Å². The van der Waals surface area contributed by atoms with Crippen LogP contribution in [0.1, 0.15) is 18.4 Å². The van der Waals surface area contributed by atoms with Crippen molar-refractivity contribution < 1.29 is 13.5 Å². The Balaban J connectivity index is 2.41. The van der Waals surface area contributed by atoms with Gasteiger partial charge in [0.25, 0.3) is 0 Å². The first kappa shape index (κ1) is 11.6. The third kappa shape index (κ3) is 1.99. The SMILES string of the molecule is COc1cc(F)c(CC2(N)CC2)c(F)c1Cl. The van der Waals surface area contributed by atoms with Crippen LogP contribution in [0.25, 0.3) is 0 Å². The Kier molecular flexibility index (Phi) is 2.80. The molecule has 0 aliphatic heterocycles. The zero-order valence-corrected chi connectivity index (χ0v) is 9.57. The molecular weight excluding hydrogens is 236 g/mol. The summed E-state index contributed by atoms with van der Waals surface area (Å²) in [4.78, 5) is 0. The van der Waals surface area contributed by atoms with Gasteiger partial charge in [0.1, 0.15) is 16.6 Å². The van der Waals surface area contributed by atoms with Gasteiger partial charge in [-0.15, -0.1) is 0 Å². The predicted molar refractivity (Wildman–Crippen MR) is 57.8 cm³/mol. The Hall–Kier alpha value is -0.870. The third-order valence-electron chi connectivity index (χ3n) is 2.86. The average Bonchev–Trinajstić information content (AvgIpc) is 2.97. The van der Waals surface area contributed by atoms with Crippen molar-refractivity contribution in [3.63, 3.8) is 0 Å². The van der Waals surface area contributed by atoms with E-state index in [0.29, 0.717) is 0 Å². The second kappa shape index (κ2) is 3.86. The van der Waals surface area contributed by atoms with Gasteiger partial charge >= 0.3 is 0 Å². The molecule has 88 valence electrons. The number of benzene rings is 1. The number of hydrogen-bond acceptors (Lipinski definition) is 2. The molecule has 0 heterocycles. The monoisotopic (exact) mass is 247 g/mol. The van der Waals surface area contributed by atoms with Gasteiger partial charge in [0.15, 0.2) is 5.82 Å². The van der Waals surface area contributed by atoms with E-state index in [4.69, 9.17) is 22.1 Å². The molecule has 0 bridgehead atoms. The topological polar surface area (TPSA) is 35.2 Å². The highest BCUT2D eigenvalue weighted by Crippen LogP contribution is 2.39. The minimum Gasteiger partial charge on any atom is -0.495 e. The lowest BCUT2D eigenvalue weighted by atomic mass is 10.0. The van der Waals surface area contributed by atoms with Crippen LogP contribution in [0, 0.1) is 11.6 Å². The molecule has 1 aromatic rings. The van der Waals surface area contributed by atoms with Gasteiger partial charge in [0.2, 0.25) is 0 Å². The summed E-state index contributed by atoms with van der Waals surface area (Å²) in [5.74, 6) is -1.42. The number of rotatable bonds is 3. The van der Waals surface area contributed by atoms with Crippen LogP contribution in [-0.4, -0.2) is 12.6 Å². The van der Waals surface area contributed by atoms with Crippen molar-refractivity contribution in [2.45, 2.75) is 24.8 Å². The summed E-state index contributed by atoms with van der Waals surface area (Å²) in [6.07, 6.45) is 1.75. The Morgan fingerprint density at radius 1 is 1.50 bits per heavy atom. The highest BCUT2D eigenvalue weighted by Gasteiger charge is 2.40. The fourth-order valence-electron chi connectivity index (χ4n) is 1.61. The second-order valence-electron chi connectivity index (χ2n) is 4.21. The van der Waals surface area contributed by atoms with Crippen molar-refractivity contribution in [2.24, 2.45) is 5.73 Å². The van der Waals surface area contributed by atoms with Crippen molar-refractivity contribution in [2.75, 3.05) is 7.11 Å². The van der Waals surface area contributed by atoms with Crippen molar-refractivity contribution in [3.05, 3.63) is 28.3 Å². The molecule has 0 atom stereocenters. The van der Waals surface area contributed by atoms with Crippen molar-refractivity contribution >= 4 is 11.6 Å². The van der Waals surface area contributed by atoms with Crippen LogP contribution in [0.5, 0.6) is 5.75 Å². The van der Waals surface area contributed by atoms with E-state index in [2.05, 4.69) is 0 Å². The minimum atomic E-state index is -0.768. The van der Waals surface area contributed by atoms with E-state index in [0.717, 1.165) is 18.9 Å². The van der Waals surface area contributed by atoms with Crippen LogP contribution >= 0.6 is 11.6 Å². The molecular formula is C11H12ClF2NO. The summed E-state index contributed by atoms with van der Waals surface area (Å²) in [6, 6.07) is 1.09. The van der Waals surface area contributed by atoms with Crippen LogP contribution in [0.3, 0.4) is 0 Å². The van der Waals surface area contributed by atoms with E-state index in [9.17, 15) is 8.78 Å². The van der Waals surface area contributed by atoms with Gasteiger partial charge in [-0.05, 0) is 19.3 Å². The van der Waals surface area contributed by atoms with E-state index in [1.54, 1.807) is 0 Å². The van der Waals surface area contributed by atoms with Crippen LogP contribution in [0.2, 0.25) is 5.02 Å². The normalized spacial score (nSPS) is 17.3. The van der Waals surface area contributed by atoms with E-state index < -0.39 is 17.2 Å². The molecule has 0 radical (unpaired) electrons. The van der Waals surface area contributed by atoms with Gasteiger partial charge < -0.3 is 10.5 Å². The number of hydrogen-bond donors (Lipinski definition) is 1. The van der Waals surface area contributed by atoms with E-state index in [1.807, 2.05) is 0 Å². The molecule has 1 aromatic carbocycles. The molecule has 0 saturated heterocycles. The molecule has 16 heavy (non-hydrogen) atoms. The third-order valence-corrected chi connectivity index (χ3v) is 3.21. The number of ether oxygens (including phenoxy) is 1. The van der Waals surface area contributed by atoms with Gasteiger partial charge in [0, 0.05) is 17.2 Å². The summed E-state index contributed by atoms with van der Waals surface area (Å²) in [6.45, 7) is 0. The van der Waals surface area contributed by atoms with Gasteiger partial charge in [0.05, 0.1) is 7.11 Å². The zero-order valence-electron chi connectivity index (χ0n) is 8.82. The molecule has 5 heteroatoms. The summed E-state index contributed by atoms with van der Waals surface area (Å²) >= 11 is 5.71. The maximum absolute atomic E-state index is 13.8. The zero-order chi connectivity index (χ0) is 11.9. The molecule has 1 fully saturated rings. The fourth-order valence-corrected chi connectivity index (χ4v) is 1.86. The molecule has 2 nitrogen and oxygen atoms in total. The van der Waals surface area contributed by atoms with Crippen molar-refractivity contribution in [1.82, 2.24) is 0 Å². The van der Waals surface area contributed by atoms with Crippen LogP contribution < -0.4 is 10.5 Å². The van der Waals surface area contributed by atoms with Gasteiger partial charge in [-0.3, -0.25) is 0 Å². The van der Waals surface area contributed by atoms with Gasteiger partial charge in [-0.2, -0.15) is 0 Å². The molecule has 0 amide bonds. The second-order valence-corrected chi connectivity index (χ2v) is 4.58. The lowest BCUT2D eigenvalue weighted by Crippen LogP contribution is -2.25. The lowest BCUT2D eigenvalue weighted by Gasteiger charge is -2.13. The quantitative estimate of drug-likeness (QED) is 0.834. The Morgan fingerprint density at radius 3 is 2.62 bits per heavy atom. The first-order valence-corrected chi connectivity index (χ1v) is 5.34. The molecule has 1 aliphatic rings. The van der Waals surface area contributed by atoms with Crippen LogP contribution in [0.4, 0.5) is 8.78 Å². The molecule has 1 aliphatic carbocycles. The predicted octanol–water partition coefficient (Wildman–Crippen LogP) is 2.66. The van der Waals surface area contributed by atoms with Crippen LogP contribution in [0.15, 0.2) is 6.07 Å². The lowest BCUT2D eigenvalue weighted by molar-refractivity contribution is 0.404. The summed E-state index contributed by atoms with van der Waals surface area (Å²) in [5.41, 5.74) is 5.32. The standard InChI is InChI=1S/C11H12ClF2NO/c1-16-8-4-7(13)6(10(14)9(8)12)5-11(15)2-3-11/h4H,2-3,5,15H2,1H3. The van der Waals surface area contributed by atoms with Crippen LogP contribution in [-0.2, 0) is 6.42 Å².